The van der Waals surface area contributed by atoms with Crippen molar-refractivity contribution in [2.75, 3.05) is 11.5 Å². The molecule has 0 aliphatic carbocycles. The highest BCUT2D eigenvalue weighted by molar-refractivity contribution is 7.99. The van der Waals surface area contributed by atoms with Gasteiger partial charge in [0.2, 0.25) is 0 Å². The molecule has 0 saturated heterocycles. The van der Waals surface area contributed by atoms with Crippen molar-refractivity contribution < 1.29 is 0 Å². The monoisotopic (exact) mass is 187 g/mol. The van der Waals surface area contributed by atoms with Crippen LogP contribution in [-0.4, -0.2) is 11.5 Å². The molecule has 2 N–H and O–H groups in total. The van der Waals surface area contributed by atoms with Gasteiger partial charge in [0.1, 0.15) is 0 Å². The van der Waals surface area contributed by atoms with Crippen LogP contribution in [0.3, 0.4) is 0 Å². The predicted octanol–water partition coefficient (Wildman–Crippen LogP) is 2.50. The van der Waals surface area contributed by atoms with Crippen molar-refractivity contribution in [3.05, 3.63) is 22.4 Å². The molecule has 1 atom stereocenters. The molecule has 0 aromatic carbocycles. The van der Waals surface area contributed by atoms with Gasteiger partial charge in [0, 0.05) is 11.8 Å². The minimum absolute atomic E-state index is 0.228. The Bertz CT molecular complexity index is 184. The molecular weight excluding hydrogens is 174 g/mol. The number of thiophene rings is 1. The normalized spacial score (nSPS) is 13.3. The van der Waals surface area contributed by atoms with Gasteiger partial charge in [-0.15, -0.1) is 0 Å². The first-order valence-corrected chi connectivity index (χ1v) is 5.79. The third-order valence-corrected chi connectivity index (χ3v) is 3.18. The first-order valence-electron chi connectivity index (χ1n) is 3.70. The van der Waals surface area contributed by atoms with E-state index in [1.54, 1.807) is 11.3 Å². The lowest BCUT2D eigenvalue weighted by atomic mass is 10.2. The van der Waals surface area contributed by atoms with Crippen molar-refractivity contribution in [3.63, 3.8) is 0 Å². The van der Waals surface area contributed by atoms with Crippen LogP contribution in [0.5, 0.6) is 0 Å². The van der Waals surface area contributed by atoms with Crippen LogP contribution in [0.4, 0.5) is 0 Å². The molecule has 0 bridgehead atoms. The predicted molar refractivity (Wildman–Crippen MR) is 54.2 cm³/mol. The summed E-state index contributed by atoms with van der Waals surface area (Å²) in [5, 5.41) is 4.20. The Balaban J connectivity index is 2.36. The number of thioether (sulfide) groups is 1. The lowest BCUT2D eigenvalue weighted by Crippen LogP contribution is -2.11. The second-order valence-electron chi connectivity index (χ2n) is 2.32. The van der Waals surface area contributed by atoms with Crippen molar-refractivity contribution in [1.29, 1.82) is 0 Å². The molecule has 0 saturated carbocycles. The van der Waals surface area contributed by atoms with Crippen LogP contribution in [0, 0.1) is 0 Å². The Morgan fingerprint density at radius 3 is 3.09 bits per heavy atom. The quantitative estimate of drug-likeness (QED) is 0.783. The fourth-order valence-corrected chi connectivity index (χ4v) is 2.23. The van der Waals surface area contributed by atoms with E-state index in [-0.39, 0.29) is 6.04 Å². The van der Waals surface area contributed by atoms with Gasteiger partial charge < -0.3 is 5.73 Å². The average Bonchev–Trinajstić information content (AvgIpc) is 2.52. The zero-order chi connectivity index (χ0) is 8.10. The lowest BCUT2D eigenvalue weighted by molar-refractivity contribution is 0.836. The summed E-state index contributed by atoms with van der Waals surface area (Å²) in [4.78, 5) is 0. The third kappa shape index (κ3) is 2.85. The van der Waals surface area contributed by atoms with Crippen molar-refractivity contribution in [3.8, 4) is 0 Å². The molecule has 62 valence electrons. The first kappa shape index (κ1) is 9.10. The van der Waals surface area contributed by atoms with Gasteiger partial charge >= 0.3 is 0 Å². The molecule has 0 fully saturated rings. The van der Waals surface area contributed by atoms with Crippen LogP contribution in [0.15, 0.2) is 16.8 Å². The number of hydrogen-bond donors (Lipinski definition) is 1. The van der Waals surface area contributed by atoms with E-state index in [0.29, 0.717) is 0 Å². The van der Waals surface area contributed by atoms with E-state index in [9.17, 15) is 0 Å². The topological polar surface area (TPSA) is 26.0 Å². The van der Waals surface area contributed by atoms with Gasteiger partial charge in [-0.2, -0.15) is 23.1 Å². The molecular formula is C8H13NS2. The van der Waals surface area contributed by atoms with Crippen LogP contribution in [-0.2, 0) is 0 Å². The first-order chi connectivity index (χ1) is 5.34. The van der Waals surface area contributed by atoms with Gasteiger partial charge in [-0.3, -0.25) is 0 Å². The summed E-state index contributed by atoms with van der Waals surface area (Å²) >= 11 is 3.61. The van der Waals surface area contributed by atoms with Crippen LogP contribution < -0.4 is 5.73 Å². The molecule has 1 aromatic heterocycles. The minimum atomic E-state index is 0.228. The van der Waals surface area contributed by atoms with E-state index >= 15 is 0 Å². The fourth-order valence-electron chi connectivity index (χ4n) is 0.827. The molecule has 1 unspecified atom stereocenters. The SMILES string of the molecule is CCSCC(N)c1ccsc1. The highest BCUT2D eigenvalue weighted by Crippen LogP contribution is 2.17. The van der Waals surface area contributed by atoms with Gasteiger partial charge in [0.05, 0.1) is 0 Å². The highest BCUT2D eigenvalue weighted by atomic mass is 32.2. The van der Waals surface area contributed by atoms with Crippen molar-refractivity contribution in [2.45, 2.75) is 13.0 Å². The second-order valence-corrected chi connectivity index (χ2v) is 4.42. The fraction of sp³-hybridized carbons (Fsp3) is 0.500. The Morgan fingerprint density at radius 2 is 2.55 bits per heavy atom. The molecule has 0 aliphatic rings. The zero-order valence-electron chi connectivity index (χ0n) is 6.62. The summed E-state index contributed by atoms with van der Waals surface area (Å²) in [5.74, 6) is 2.19. The van der Waals surface area contributed by atoms with Gasteiger partial charge in [0.25, 0.3) is 0 Å². The standard InChI is InChI=1S/C8H13NS2/c1-2-10-6-8(9)7-3-4-11-5-7/h3-5,8H,2,6,9H2,1H3. The van der Waals surface area contributed by atoms with Crippen molar-refractivity contribution >= 4 is 23.1 Å². The van der Waals surface area contributed by atoms with Crippen LogP contribution >= 0.6 is 23.1 Å². The molecule has 11 heavy (non-hydrogen) atoms. The molecule has 0 spiro atoms. The second kappa shape index (κ2) is 4.80. The minimum Gasteiger partial charge on any atom is -0.323 e. The zero-order valence-corrected chi connectivity index (χ0v) is 8.25. The maximum Gasteiger partial charge on any atom is 0.0395 e. The summed E-state index contributed by atoms with van der Waals surface area (Å²) in [7, 11) is 0. The van der Waals surface area contributed by atoms with E-state index in [2.05, 4.69) is 23.8 Å². The third-order valence-electron chi connectivity index (χ3n) is 1.47. The van der Waals surface area contributed by atoms with Crippen LogP contribution in [0.25, 0.3) is 0 Å². The number of rotatable bonds is 4. The van der Waals surface area contributed by atoms with E-state index in [4.69, 9.17) is 5.73 Å². The van der Waals surface area contributed by atoms with Gasteiger partial charge in [0.15, 0.2) is 0 Å². The smallest absolute Gasteiger partial charge is 0.0395 e. The van der Waals surface area contributed by atoms with Crippen molar-refractivity contribution in [1.82, 2.24) is 0 Å². The summed E-state index contributed by atoms with van der Waals surface area (Å²) in [6.45, 7) is 2.16. The average molecular weight is 187 g/mol. The summed E-state index contributed by atoms with van der Waals surface area (Å²) < 4.78 is 0. The molecule has 0 radical (unpaired) electrons. The number of nitrogens with two attached hydrogens (primary N) is 1. The van der Waals surface area contributed by atoms with E-state index in [1.165, 1.54) is 5.56 Å². The van der Waals surface area contributed by atoms with Crippen LogP contribution in [0.1, 0.15) is 18.5 Å². The Morgan fingerprint density at radius 1 is 1.73 bits per heavy atom. The molecule has 0 amide bonds. The van der Waals surface area contributed by atoms with Gasteiger partial charge in [-0.1, -0.05) is 6.92 Å². The van der Waals surface area contributed by atoms with E-state index in [1.807, 2.05) is 11.8 Å². The largest absolute Gasteiger partial charge is 0.323 e. The molecule has 1 nitrogen and oxygen atoms in total. The molecule has 1 rings (SSSR count). The summed E-state index contributed by atoms with van der Waals surface area (Å²) in [5.41, 5.74) is 7.19. The Kier molecular flexibility index (Phi) is 3.97. The Labute approximate surface area is 76.0 Å². The Hall–Kier alpha value is 0.01000. The molecule has 1 aromatic rings. The number of hydrogen-bond acceptors (Lipinski definition) is 3. The van der Waals surface area contributed by atoms with Gasteiger partial charge in [-0.25, -0.2) is 0 Å². The highest BCUT2D eigenvalue weighted by Gasteiger charge is 2.04. The molecule has 0 aliphatic heterocycles. The molecule has 1 heterocycles. The molecule has 3 heteroatoms. The summed E-state index contributed by atoms with van der Waals surface area (Å²) in [6, 6.07) is 2.33. The van der Waals surface area contributed by atoms with Gasteiger partial charge in [-0.05, 0) is 28.1 Å². The maximum atomic E-state index is 5.91. The summed E-state index contributed by atoms with van der Waals surface area (Å²) in [6.07, 6.45) is 0. The van der Waals surface area contributed by atoms with E-state index < -0.39 is 0 Å². The maximum absolute atomic E-state index is 5.91. The van der Waals surface area contributed by atoms with Crippen LogP contribution in [0.2, 0.25) is 0 Å². The lowest BCUT2D eigenvalue weighted by Gasteiger charge is -2.07. The van der Waals surface area contributed by atoms with E-state index in [0.717, 1.165) is 11.5 Å². The van der Waals surface area contributed by atoms with Crippen molar-refractivity contribution in [2.24, 2.45) is 5.73 Å².